The van der Waals surface area contributed by atoms with Gasteiger partial charge in [-0.25, -0.2) is 4.79 Å². The van der Waals surface area contributed by atoms with E-state index in [0.717, 1.165) is 18.4 Å². The Morgan fingerprint density at radius 1 is 1.42 bits per heavy atom. The van der Waals surface area contributed by atoms with Crippen LogP contribution in [0, 0.1) is 5.92 Å². The van der Waals surface area contributed by atoms with Crippen LogP contribution in [0.15, 0.2) is 24.5 Å². The molecule has 3 aliphatic rings. The van der Waals surface area contributed by atoms with Gasteiger partial charge in [0.25, 0.3) is 0 Å². The highest BCUT2D eigenvalue weighted by atomic mass is 16.6. The SMILES string of the molecule is CCOC(=O)N1C2CCC(CC2)C1c1cccnc1. The van der Waals surface area contributed by atoms with E-state index >= 15 is 0 Å². The van der Waals surface area contributed by atoms with Gasteiger partial charge in [0, 0.05) is 18.4 Å². The summed E-state index contributed by atoms with van der Waals surface area (Å²) in [6, 6.07) is 4.51. The van der Waals surface area contributed by atoms with Crippen LogP contribution in [0.3, 0.4) is 0 Å². The van der Waals surface area contributed by atoms with Crippen molar-refractivity contribution in [1.82, 2.24) is 9.88 Å². The van der Waals surface area contributed by atoms with Crippen LogP contribution in [-0.2, 0) is 4.74 Å². The minimum atomic E-state index is -0.161. The number of aromatic nitrogens is 1. The predicted octanol–water partition coefficient (Wildman–Crippen LogP) is 3.15. The lowest BCUT2D eigenvalue weighted by molar-refractivity contribution is -0.0131. The quantitative estimate of drug-likeness (QED) is 0.820. The number of piperidine rings is 2. The van der Waals surface area contributed by atoms with Crippen molar-refractivity contribution in [2.45, 2.75) is 44.7 Å². The van der Waals surface area contributed by atoms with Gasteiger partial charge in [0.05, 0.1) is 12.6 Å². The third kappa shape index (κ3) is 2.20. The van der Waals surface area contributed by atoms with E-state index in [9.17, 15) is 4.79 Å². The molecule has 4 rings (SSSR count). The van der Waals surface area contributed by atoms with Crippen LogP contribution < -0.4 is 0 Å². The number of hydrogen-bond acceptors (Lipinski definition) is 3. The lowest BCUT2D eigenvalue weighted by atomic mass is 9.73. The number of nitrogens with zero attached hydrogens (tertiary/aromatic N) is 2. The Bertz CT molecular complexity index is 441. The third-order valence-corrected chi connectivity index (χ3v) is 4.39. The molecule has 4 heteroatoms. The van der Waals surface area contributed by atoms with Gasteiger partial charge in [0.1, 0.15) is 0 Å². The predicted molar refractivity (Wildman–Crippen MR) is 71.6 cm³/mol. The maximum atomic E-state index is 12.3. The summed E-state index contributed by atoms with van der Waals surface area (Å²) < 4.78 is 5.25. The van der Waals surface area contributed by atoms with Crippen LogP contribution in [0.2, 0.25) is 0 Å². The second-order valence-electron chi connectivity index (χ2n) is 5.41. The summed E-state index contributed by atoms with van der Waals surface area (Å²) in [5.74, 6) is 0.554. The molecule has 3 heterocycles. The third-order valence-electron chi connectivity index (χ3n) is 4.39. The van der Waals surface area contributed by atoms with E-state index in [1.165, 1.54) is 12.8 Å². The van der Waals surface area contributed by atoms with Gasteiger partial charge in [-0.1, -0.05) is 6.07 Å². The highest BCUT2D eigenvalue weighted by Gasteiger charge is 2.45. The molecule has 1 saturated carbocycles. The zero-order valence-electron chi connectivity index (χ0n) is 11.3. The number of hydrogen-bond donors (Lipinski definition) is 0. The first-order valence-corrected chi connectivity index (χ1v) is 7.16. The van der Waals surface area contributed by atoms with Crippen LogP contribution in [-0.4, -0.2) is 28.6 Å². The van der Waals surface area contributed by atoms with Crippen molar-refractivity contribution in [3.8, 4) is 0 Å². The van der Waals surface area contributed by atoms with Crippen LogP contribution in [0.25, 0.3) is 0 Å². The molecule has 1 aromatic rings. The summed E-state index contributed by atoms with van der Waals surface area (Å²) >= 11 is 0. The summed E-state index contributed by atoms with van der Waals surface area (Å²) in [4.78, 5) is 18.4. The van der Waals surface area contributed by atoms with Gasteiger partial charge in [-0.15, -0.1) is 0 Å². The van der Waals surface area contributed by atoms with E-state index in [1.807, 2.05) is 24.1 Å². The molecule has 102 valence electrons. The Balaban J connectivity index is 1.92. The van der Waals surface area contributed by atoms with E-state index in [0.29, 0.717) is 18.6 Å². The fourth-order valence-corrected chi connectivity index (χ4v) is 3.59. The molecule has 2 saturated heterocycles. The van der Waals surface area contributed by atoms with Crippen molar-refractivity contribution < 1.29 is 9.53 Å². The zero-order valence-corrected chi connectivity index (χ0v) is 11.3. The molecule has 0 radical (unpaired) electrons. The molecular formula is C15H20N2O2. The number of pyridine rings is 1. The first-order valence-electron chi connectivity index (χ1n) is 7.16. The van der Waals surface area contributed by atoms with E-state index in [1.54, 1.807) is 6.20 Å². The molecule has 2 aliphatic heterocycles. The molecule has 0 aromatic carbocycles. The van der Waals surface area contributed by atoms with Crippen molar-refractivity contribution in [2.24, 2.45) is 5.92 Å². The molecule has 3 fully saturated rings. The Morgan fingerprint density at radius 3 is 2.84 bits per heavy atom. The average Bonchev–Trinajstić information content (AvgIpc) is 2.48. The maximum Gasteiger partial charge on any atom is 0.410 e. The number of ether oxygens (including phenoxy) is 1. The normalized spacial score (nSPS) is 29.3. The summed E-state index contributed by atoms with van der Waals surface area (Å²) in [6.45, 7) is 2.30. The first kappa shape index (κ1) is 12.5. The number of carbonyl (C=O) groups excluding carboxylic acids is 1. The summed E-state index contributed by atoms with van der Waals surface area (Å²) in [5, 5.41) is 0. The van der Waals surface area contributed by atoms with Crippen LogP contribution in [0.4, 0.5) is 4.79 Å². The monoisotopic (exact) mass is 260 g/mol. The van der Waals surface area contributed by atoms with Crippen molar-refractivity contribution in [3.05, 3.63) is 30.1 Å². The highest BCUT2D eigenvalue weighted by molar-refractivity contribution is 5.69. The highest BCUT2D eigenvalue weighted by Crippen LogP contribution is 2.47. The Kier molecular flexibility index (Phi) is 3.40. The Morgan fingerprint density at radius 2 is 2.21 bits per heavy atom. The number of amides is 1. The lowest BCUT2D eigenvalue weighted by Gasteiger charge is -2.50. The van der Waals surface area contributed by atoms with E-state index in [2.05, 4.69) is 11.1 Å². The molecule has 1 aromatic heterocycles. The van der Waals surface area contributed by atoms with Gasteiger partial charge in [-0.05, 0) is 50.2 Å². The van der Waals surface area contributed by atoms with Crippen molar-refractivity contribution in [3.63, 3.8) is 0 Å². The Hall–Kier alpha value is -1.58. The second kappa shape index (κ2) is 5.19. The largest absolute Gasteiger partial charge is 0.450 e. The maximum absolute atomic E-state index is 12.3. The fraction of sp³-hybridized carbons (Fsp3) is 0.600. The van der Waals surface area contributed by atoms with Crippen molar-refractivity contribution in [2.75, 3.05) is 6.61 Å². The lowest BCUT2D eigenvalue weighted by Crippen LogP contribution is -2.53. The molecule has 1 amide bonds. The number of fused-ring (bicyclic) bond motifs is 3. The van der Waals surface area contributed by atoms with Gasteiger partial charge in [-0.3, -0.25) is 9.88 Å². The molecule has 1 aliphatic carbocycles. The molecule has 1 unspecified atom stereocenters. The topological polar surface area (TPSA) is 42.4 Å². The van der Waals surface area contributed by atoms with Gasteiger partial charge < -0.3 is 4.74 Å². The van der Waals surface area contributed by atoms with Crippen molar-refractivity contribution >= 4 is 6.09 Å². The van der Waals surface area contributed by atoms with Gasteiger partial charge in [-0.2, -0.15) is 0 Å². The van der Waals surface area contributed by atoms with E-state index in [4.69, 9.17) is 4.74 Å². The smallest absolute Gasteiger partial charge is 0.410 e. The fourth-order valence-electron chi connectivity index (χ4n) is 3.59. The molecule has 0 spiro atoms. The molecule has 1 atom stereocenters. The second-order valence-corrected chi connectivity index (χ2v) is 5.41. The number of carbonyl (C=O) groups is 1. The first-order chi connectivity index (χ1) is 9.31. The standard InChI is InChI=1S/C15H20N2O2/c1-2-19-15(18)17-13-7-5-11(6-8-13)14(17)12-4-3-9-16-10-12/h3-4,9-11,13-14H,2,5-8H2,1H3. The van der Waals surface area contributed by atoms with Gasteiger partial charge in [0.15, 0.2) is 0 Å². The van der Waals surface area contributed by atoms with Crippen LogP contribution >= 0.6 is 0 Å². The van der Waals surface area contributed by atoms with Gasteiger partial charge in [0.2, 0.25) is 0 Å². The van der Waals surface area contributed by atoms with Gasteiger partial charge >= 0.3 is 6.09 Å². The zero-order chi connectivity index (χ0) is 13.2. The minimum absolute atomic E-state index is 0.153. The van der Waals surface area contributed by atoms with Crippen LogP contribution in [0.5, 0.6) is 0 Å². The molecule has 4 nitrogen and oxygen atoms in total. The van der Waals surface area contributed by atoms with E-state index in [-0.39, 0.29) is 12.1 Å². The molecule has 0 N–H and O–H groups in total. The summed E-state index contributed by atoms with van der Waals surface area (Å²) in [6.07, 6.45) is 8.14. The Labute approximate surface area is 113 Å². The molecule has 2 bridgehead atoms. The van der Waals surface area contributed by atoms with Crippen molar-refractivity contribution in [1.29, 1.82) is 0 Å². The van der Waals surface area contributed by atoms with Crippen LogP contribution in [0.1, 0.15) is 44.2 Å². The summed E-state index contributed by atoms with van der Waals surface area (Å²) in [7, 11) is 0. The average molecular weight is 260 g/mol. The molecule has 19 heavy (non-hydrogen) atoms. The molecular weight excluding hydrogens is 240 g/mol. The minimum Gasteiger partial charge on any atom is -0.450 e. The summed E-state index contributed by atoms with van der Waals surface area (Å²) in [5.41, 5.74) is 1.14. The number of rotatable bonds is 2. The van der Waals surface area contributed by atoms with E-state index < -0.39 is 0 Å².